The highest BCUT2D eigenvalue weighted by Crippen LogP contribution is 2.41. The normalized spacial score (nSPS) is 20.3. The number of benzene rings is 10. The molecular formula is C60H39N3. The third-order valence-corrected chi connectivity index (χ3v) is 10.2. The van der Waals surface area contributed by atoms with Crippen molar-refractivity contribution in [2.24, 2.45) is 0 Å². The Hall–Kier alpha value is -8.40. The van der Waals surface area contributed by atoms with Crippen LogP contribution >= 0.6 is 0 Å². The maximum absolute atomic E-state index is 10.4. The number of fused-ring (bicyclic) bond motifs is 9. The monoisotopic (exact) mass is 840 g/mol. The largest absolute Gasteiger partial charge is 0.309 e. The van der Waals surface area contributed by atoms with Gasteiger partial charge in [-0.1, -0.05) is 151 Å². The molecule has 0 atom stereocenters. The Morgan fingerprint density at radius 3 is 1.17 bits per heavy atom. The zero-order valence-electron chi connectivity index (χ0n) is 69.4. The van der Waals surface area contributed by atoms with Gasteiger partial charge in [-0.15, -0.1) is 0 Å². The molecule has 0 fully saturated rings. The predicted molar refractivity (Wildman–Crippen MR) is 266 cm³/mol. The second-order valence-corrected chi connectivity index (χ2v) is 13.6. The molecule has 0 aliphatic heterocycles. The molecule has 0 bridgehead atoms. The van der Waals surface area contributed by atoms with Crippen molar-refractivity contribution >= 4 is 65.4 Å². The summed E-state index contributed by atoms with van der Waals surface area (Å²) in [5, 5.41) is -3.59. The molecule has 10 aromatic carbocycles. The second kappa shape index (κ2) is 14.1. The first-order chi connectivity index (χ1) is 47.1. The summed E-state index contributed by atoms with van der Waals surface area (Å²) in [4.78, 5) is 0. The van der Waals surface area contributed by atoms with Crippen LogP contribution in [-0.4, -0.2) is 13.7 Å². The van der Waals surface area contributed by atoms with E-state index in [1.807, 2.05) is 0 Å². The molecule has 3 heteroatoms. The Morgan fingerprint density at radius 2 is 0.587 bits per heavy atom. The van der Waals surface area contributed by atoms with Crippen LogP contribution in [0.4, 0.5) is 0 Å². The van der Waals surface area contributed by atoms with Crippen molar-refractivity contribution < 1.29 is 52.1 Å². The molecule has 13 rings (SSSR count). The van der Waals surface area contributed by atoms with Crippen LogP contribution in [0.5, 0.6) is 0 Å². The molecule has 0 radical (unpaired) electrons. The van der Waals surface area contributed by atoms with Gasteiger partial charge in [0.2, 0.25) is 0 Å². The van der Waals surface area contributed by atoms with Crippen LogP contribution in [0, 0.1) is 0 Å². The van der Waals surface area contributed by atoms with E-state index in [1.54, 1.807) is 0 Å². The first-order valence-electron chi connectivity index (χ1n) is 37.6. The minimum Gasteiger partial charge on any atom is -0.309 e. The molecule has 3 nitrogen and oxygen atoms in total. The van der Waals surface area contributed by atoms with E-state index in [0.29, 0.717) is 4.57 Å². The number of para-hydroxylation sites is 4. The highest BCUT2D eigenvalue weighted by Gasteiger charge is 2.19. The van der Waals surface area contributed by atoms with Gasteiger partial charge in [0.05, 0.1) is 85.2 Å². The Balaban J connectivity index is 1.24. The van der Waals surface area contributed by atoms with Crippen LogP contribution in [-0.2, 0) is 0 Å². The number of hydrogen-bond acceptors (Lipinski definition) is 0. The SMILES string of the molecule is [2H]c1c([2H])c([2H])c(-c2c([2H])c([2H])c([2H])c(-c3c([2H])c(-c4c([2H])c([2H])c([2H])c([2H])c4[2H])c([2H])c(-n4c5c([2H])c([2H])c([2H])c([2H])c5c5c([2H])c(-n6c7c([2H])c([2H])c(-n8c9c([2H])c([2H])c([2H])c([2H])c9c9c([2H])c([2H])c([2H])c([2H])c98)cc7c7c([2H])c([2H])c([2H])c([2H])c76)c([2H])c([2H])c54)c3[2H])c2[2H])c([2H])c1[2H]. The Morgan fingerprint density at radius 1 is 0.222 bits per heavy atom. The number of rotatable bonds is 6. The average Bonchev–Trinajstić information content (AvgIpc) is 1.58. The van der Waals surface area contributed by atoms with Gasteiger partial charge in [0, 0.05) is 49.4 Å². The maximum Gasteiger partial charge on any atom is 0.0652 e. The van der Waals surface area contributed by atoms with Gasteiger partial charge in [-0.3, -0.25) is 0 Å². The number of hydrogen-bond donors (Lipinski definition) is 0. The quantitative estimate of drug-likeness (QED) is 0.158. The summed E-state index contributed by atoms with van der Waals surface area (Å²) in [5.41, 5.74) is -13.1. The van der Waals surface area contributed by atoms with Crippen molar-refractivity contribution in [1.82, 2.24) is 13.7 Å². The molecule has 294 valence electrons. The highest BCUT2D eigenvalue weighted by molar-refractivity contribution is 6.14. The molecule has 0 N–H and O–H groups in total. The summed E-state index contributed by atoms with van der Waals surface area (Å²) in [6, 6.07) is -38.3. The molecular weight excluding hydrogens is 763 g/mol. The second-order valence-electron chi connectivity index (χ2n) is 13.6. The van der Waals surface area contributed by atoms with Gasteiger partial charge in [0.15, 0.2) is 0 Å². The molecule has 63 heavy (non-hydrogen) atoms. The summed E-state index contributed by atoms with van der Waals surface area (Å²) >= 11 is 0. The first-order valence-corrected chi connectivity index (χ1v) is 18.6. The van der Waals surface area contributed by atoms with Crippen LogP contribution in [0.25, 0.3) is 116 Å². The predicted octanol–water partition coefficient (Wildman–Crippen LogP) is 16.0. The van der Waals surface area contributed by atoms with Gasteiger partial charge < -0.3 is 13.7 Å². The molecule has 0 unspecified atom stereocenters. The van der Waals surface area contributed by atoms with Gasteiger partial charge in [0.1, 0.15) is 0 Å². The fraction of sp³-hybridized carbons (Fsp3) is 0. The van der Waals surface area contributed by atoms with E-state index in [0.717, 1.165) is 15.2 Å². The molecule has 0 saturated heterocycles. The highest BCUT2D eigenvalue weighted by atomic mass is 15.0. The Kier molecular flexibility index (Phi) is 3.21. The minimum atomic E-state index is -1.31. The fourth-order valence-corrected chi connectivity index (χ4v) is 7.59. The molecule has 3 aromatic heterocycles. The zero-order valence-corrected chi connectivity index (χ0v) is 31.4. The Bertz CT molecular complexity index is 6040. The van der Waals surface area contributed by atoms with E-state index >= 15 is 0 Å². The van der Waals surface area contributed by atoms with Crippen LogP contribution < -0.4 is 0 Å². The van der Waals surface area contributed by atoms with Gasteiger partial charge in [-0.2, -0.15) is 0 Å². The van der Waals surface area contributed by atoms with Crippen molar-refractivity contribution in [3.8, 4) is 50.4 Å². The standard InChI is InChI=1S/C60H39N3/c1-3-16-40(17-4-1)42-20-15-21-43(34-42)45-35-44(41-18-5-2-6-19-41)36-48(37-45)63-58-29-14-10-25-52(58)54-39-47(31-33-60(54)63)62-57-28-13-9-24-51(57)53-38-46(30-32-59(53)62)61-55-26-11-7-22-49(55)50-23-8-12-27-56(50)61/h1-39H/i1D,2D,3D,4D,5D,6D,7D,8D,9D,10D,11D,12D,13D,14D,15D,16D,17D,18D,19D,20D,21D,22D,23D,24D,25D,26D,27D,28D,29D,30D,31D,32D,33D,34D,35D,36D,37D,39D. The van der Waals surface area contributed by atoms with E-state index in [9.17, 15) is 19.2 Å². The first kappa shape index (κ1) is 14.3. The van der Waals surface area contributed by atoms with E-state index in [4.69, 9.17) is 32.9 Å². The third-order valence-electron chi connectivity index (χ3n) is 10.2. The number of nitrogens with zero attached hydrogens (tertiary/aromatic N) is 3. The smallest absolute Gasteiger partial charge is 0.0652 e. The summed E-state index contributed by atoms with van der Waals surface area (Å²) in [6.45, 7) is 0. The topological polar surface area (TPSA) is 14.8 Å². The van der Waals surface area contributed by atoms with Gasteiger partial charge in [-0.25, -0.2) is 0 Å². The van der Waals surface area contributed by atoms with Crippen LogP contribution in [0.1, 0.15) is 52.1 Å². The van der Waals surface area contributed by atoms with E-state index in [-0.39, 0.29) is 0 Å². The van der Waals surface area contributed by atoms with Crippen molar-refractivity contribution in [1.29, 1.82) is 0 Å². The van der Waals surface area contributed by atoms with Crippen LogP contribution in [0.15, 0.2) is 236 Å². The molecule has 0 saturated carbocycles. The Labute approximate surface area is 418 Å². The van der Waals surface area contributed by atoms with Crippen molar-refractivity contribution in [3.05, 3.63) is 236 Å². The molecule has 0 amide bonds. The molecule has 3 heterocycles. The summed E-state index contributed by atoms with van der Waals surface area (Å²) in [7, 11) is 0. The molecule has 13 aromatic rings. The van der Waals surface area contributed by atoms with Crippen molar-refractivity contribution in [3.63, 3.8) is 0 Å². The lowest BCUT2D eigenvalue weighted by Gasteiger charge is -2.15. The van der Waals surface area contributed by atoms with Crippen LogP contribution in [0.3, 0.4) is 0 Å². The lowest BCUT2D eigenvalue weighted by Crippen LogP contribution is -1.97. The zero-order chi connectivity index (χ0) is 74.5. The number of aromatic nitrogens is 3. The summed E-state index contributed by atoms with van der Waals surface area (Å²) in [6.07, 6.45) is 0. The van der Waals surface area contributed by atoms with Gasteiger partial charge >= 0.3 is 0 Å². The lowest BCUT2D eigenvalue weighted by atomic mass is 9.95. The minimum absolute atomic E-state index is 0.458. The maximum atomic E-state index is 10.4. The average molecular weight is 840 g/mol. The van der Waals surface area contributed by atoms with Crippen molar-refractivity contribution in [2.45, 2.75) is 0 Å². The summed E-state index contributed by atoms with van der Waals surface area (Å²) in [5.74, 6) is 0. The molecule has 0 spiro atoms. The van der Waals surface area contributed by atoms with E-state index in [2.05, 4.69) is 0 Å². The summed E-state index contributed by atoms with van der Waals surface area (Å²) < 4.78 is 351. The van der Waals surface area contributed by atoms with Gasteiger partial charge in [-0.05, 0) is 118 Å². The fourth-order valence-electron chi connectivity index (χ4n) is 7.59. The molecule has 0 aliphatic carbocycles. The lowest BCUT2D eigenvalue weighted by molar-refractivity contribution is 1.16. The molecule has 0 aliphatic rings. The van der Waals surface area contributed by atoms with E-state index in [1.165, 1.54) is 0 Å². The van der Waals surface area contributed by atoms with Gasteiger partial charge in [0.25, 0.3) is 0 Å². The van der Waals surface area contributed by atoms with E-state index < -0.39 is 345 Å². The van der Waals surface area contributed by atoms with Crippen LogP contribution in [0.2, 0.25) is 0 Å². The van der Waals surface area contributed by atoms with Crippen molar-refractivity contribution in [2.75, 3.05) is 0 Å². The third kappa shape index (κ3) is 5.60.